The number of nitrogens with one attached hydrogen (secondary N) is 1. The number of rotatable bonds is 6. The van der Waals surface area contributed by atoms with Gasteiger partial charge in [0.05, 0.1) is 5.75 Å². The molecule has 0 saturated carbocycles. The van der Waals surface area contributed by atoms with E-state index >= 15 is 0 Å². The molecule has 0 unspecified atom stereocenters. The molecule has 2 aromatic heterocycles. The second kappa shape index (κ2) is 9.08. The van der Waals surface area contributed by atoms with Crippen LogP contribution in [0.3, 0.4) is 0 Å². The van der Waals surface area contributed by atoms with E-state index in [0.717, 1.165) is 33.4 Å². The molecule has 4 aromatic rings. The Morgan fingerprint density at radius 1 is 1.03 bits per heavy atom. The van der Waals surface area contributed by atoms with Crippen molar-refractivity contribution in [2.75, 3.05) is 11.1 Å². The van der Waals surface area contributed by atoms with Crippen molar-refractivity contribution in [3.63, 3.8) is 0 Å². The lowest BCUT2D eigenvalue weighted by molar-refractivity contribution is -0.113. The van der Waals surface area contributed by atoms with Gasteiger partial charge in [-0.2, -0.15) is 0 Å². The number of carbonyl (C=O) groups is 1. The Bertz CT molecular complexity index is 1210. The molecule has 31 heavy (non-hydrogen) atoms. The second-order valence-corrected chi connectivity index (χ2v) is 9.44. The zero-order valence-electron chi connectivity index (χ0n) is 18.0. The number of hydrogen-bond donors (Lipinski definition) is 1. The zero-order valence-corrected chi connectivity index (χ0v) is 19.6. The lowest BCUT2D eigenvalue weighted by Gasteiger charge is -2.11. The summed E-state index contributed by atoms with van der Waals surface area (Å²) in [6.07, 6.45) is 0. The Morgan fingerprint density at radius 3 is 2.45 bits per heavy atom. The summed E-state index contributed by atoms with van der Waals surface area (Å²) >= 11 is 3.10. The maximum Gasteiger partial charge on any atom is 0.234 e. The molecular formula is C24H24N4OS2. The van der Waals surface area contributed by atoms with Gasteiger partial charge in [-0.25, -0.2) is 0 Å². The standard InChI is InChI=1S/C24H24N4OS2/c1-15-9-8-10-16(2)22(15)25-20(29)14-31-24-27-26-23(28(24)4)19-13-30-17(3)21(19)18-11-6-5-7-12-18/h5-13H,14H2,1-4H3,(H,25,29). The molecule has 0 radical (unpaired) electrons. The first-order valence-corrected chi connectivity index (χ1v) is 11.8. The van der Waals surface area contributed by atoms with Crippen LogP contribution in [0, 0.1) is 20.8 Å². The molecule has 0 atom stereocenters. The van der Waals surface area contributed by atoms with Crippen molar-refractivity contribution in [3.05, 3.63) is 69.9 Å². The summed E-state index contributed by atoms with van der Waals surface area (Å²) in [4.78, 5) is 13.8. The Hall–Kier alpha value is -2.90. The first-order valence-electron chi connectivity index (χ1n) is 9.98. The fraction of sp³-hybridized carbons (Fsp3) is 0.208. The minimum absolute atomic E-state index is 0.0525. The highest BCUT2D eigenvalue weighted by molar-refractivity contribution is 7.99. The van der Waals surface area contributed by atoms with Gasteiger partial charge in [-0.15, -0.1) is 21.5 Å². The predicted octanol–water partition coefficient (Wildman–Crippen LogP) is 5.87. The monoisotopic (exact) mass is 448 g/mol. The third kappa shape index (κ3) is 4.43. The van der Waals surface area contributed by atoms with Crippen LogP contribution in [0.25, 0.3) is 22.5 Å². The molecular weight excluding hydrogens is 424 g/mol. The Kier molecular flexibility index (Phi) is 6.25. The molecule has 1 N–H and O–H groups in total. The summed E-state index contributed by atoms with van der Waals surface area (Å²) in [5.41, 5.74) is 6.41. The van der Waals surface area contributed by atoms with Crippen LogP contribution in [0.15, 0.2) is 59.1 Å². The van der Waals surface area contributed by atoms with E-state index in [1.54, 1.807) is 11.3 Å². The van der Waals surface area contributed by atoms with E-state index in [2.05, 4.69) is 40.0 Å². The number of thioether (sulfide) groups is 1. The smallest absolute Gasteiger partial charge is 0.234 e. The van der Waals surface area contributed by atoms with Gasteiger partial charge in [0, 0.05) is 34.1 Å². The lowest BCUT2D eigenvalue weighted by Crippen LogP contribution is -2.16. The van der Waals surface area contributed by atoms with E-state index in [4.69, 9.17) is 0 Å². The molecule has 0 bridgehead atoms. The summed E-state index contributed by atoms with van der Waals surface area (Å²) in [5.74, 6) is 1.03. The molecule has 0 spiro atoms. The number of aromatic nitrogens is 3. The van der Waals surface area contributed by atoms with Crippen molar-refractivity contribution in [2.24, 2.45) is 7.05 Å². The van der Waals surface area contributed by atoms with Gasteiger partial charge in [0.1, 0.15) is 0 Å². The Labute approximate surface area is 190 Å². The van der Waals surface area contributed by atoms with Gasteiger partial charge in [-0.05, 0) is 37.5 Å². The molecule has 158 valence electrons. The molecule has 0 aliphatic carbocycles. The Balaban J connectivity index is 1.52. The molecule has 0 fully saturated rings. The Morgan fingerprint density at radius 2 is 1.74 bits per heavy atom. The number of amides is 1. The third-order valence-corrected chi connectivity index (χ3v) is 7.12. The van der Waals surface area contributed by atoms with Gasteiger partial charge in [0.2, 0.25) is 5.91 Å². The van der Waals surface area contributed by atoms with Gasteiger partial charge < -0.3 is 9.88 Å². The van der Waals surface area contributed by atoms with Crippen LogP contribution in [0.5, 0.6) is 0 Å². The minimum atomic E-state index is -0.0525. The summed E-state index contributed by atoms with van der Waals surface area (Å²) in [7, 11) is 1.95. The number of aryl methyl sites for hydroxylation is 3. The van der Waals surface area contributed by atoms with Crippen molar-refractivity contribution < 1.29 is 4.79 Å². The van der Waals surface area contributed by atoms with Crippen LogP contribution in [0.2, 0.25) is 0 Å². The van der Waals surface area contributed by atoms with Gasteiger partial charge in [-0.1, -0.05) is 60.3 Å². The van der Waals surface area contributed by atoms with Crippen LogP contribution in [0.1, 0.15) is 16.0 Å². The molecule has 7 heteroatoms. The number of hydrogen-bond acceptors (Lipinski definition) is 5. The van der Waals surface area contributed by atoms with Gasteiger partial charge >= 0.3 is 0 Å². The van der Waals surface area contributed by atoms with E-state index < -0.39 is 0 Å². The van der Waals surface area contributed by atoms with E-state index in [-0.39, 0.29) is 11.7 Å². The number of carbonyl (C=O) groups excluding carboxylic acids is 1. The van der Waals surface area contributed by atoms with Crippen molar-refractivity contribution in [1.29, 1.82) is 0 Å². The first-order chi connectivity index (χ1) is 15.0. The number of thiophene rings is 1. The topological polar surface area (TPSA) is 59.8 Å². The van der Waals surface area contributed by atoms with Crippen molar-refractivity contribution >= 4 is 34.7 Å². The lowest BCUT2D eigenvalue weighted by atomic mass is 10.0. The second-order valence-electron chi connectivity index (χ2n) is 7.42. The molecule has 0 aliphatic heterocycles. The first kappa shape index (κ1) is 21.3. The molecule has 0 saturated heterocycles. The fourth-order valence-corrected chi connectivity index (χ4v) is 5.15. The van der Waals surface area contributed by atoms with Crippen LogP contribution in [-0.4, -0.2) is 26.4 Å². The average molecular weight is 449 g/mol. The molecule has 5 nitrogen and oxygen atoms in total. The van der Waals surface area contributed by atoms with E-state index in [0.29, 0.717) is 0 Å². The number of para-hydroxylation sites is 1. The fourth-order valence-electron chi connectivity index (χ4n) is 3.58. The van der Waals surface area contributed by atoms with E-state index in [9.17, 15) is 4.79 Å². The number of nitrogens with zero attached hydrogens (tertiary/aromatic N) is 3. The van der Waals surface area contributed by atoms with Crippen LogP contribution >= 0.6 is 23.1 Å². The van der Waals surface area contributed by atoms with Gasteiger partial charge in [-0.3, -0.25) is 4.79 Å². The molecule has 2 aromatic carbocycles. The summed E-state index contributed by atoms with van der Waals surface area (Å²) in [6.45, 7) is 6.12. The number of benzene rings is 2. The summed E-state index contributed by atoms with van der Waals surface area (Å²) in [5, 5.41) is 14.7. The summed E-state index contributed by atoms with van der Waals surface area (Å²) in [6, 6.07) is 16.3. The highest BCUT2D eigenvalue weighted by Crippen LogP contribution is 2.38. The quantitative estimate of drug-likeness (QED) is 0.375. The molecule has 1 amide bonds. The van der Waals surface area contributed by atoms with Gasteiger partial charge in [0.15, 0.2) is 11.0 Å². The zero-order chi connectivity index (χ0) is 22.0. The predicted molar refractivity (Wildman–Crippen MR) is 130 cm³/mol. The molecule has 0 aliphatic rings. The maximum atomic E-state index is 12.5. The summed E-state index contributed by atoms with van der Waals surface area (Å²) < 4.78 is 1.96. The third-order valence-electron chi connectivity index (χ3n) is 5.19. The molecule has 2 heterocycles. The maximum absolute atomic E-state index is 12.5. The van der Waals surface area contributed by atoms with E-state index in [1.807, 2.05) is 61.9 Å². The highest BCUT2D eigenvalue weighted by atomic mass is 32.2. The van der Waals surface area contributed by atoms with Crippen LogP contribution in [-0.2, 0) is 11.8 Å². The van der Waals surface area contributed by atoms with Crippen LogP contribution < -0.4 is 5.32 Å². The van der Waals surface area contributed by atoms with Crippen molar-refractivity contribution in [2.45, 2.75) is 25.9 Å². The number of anilines is 1. The normalized spacial score (nSPS) is 11.0. The van der Waals surface area contributed by atoms with Crippen molar-refractivity contribution in [3.8, 4) is 22.5 Å². The largest absolute Gasteiger partial charge is 0.325 e. The van der Waals surface area contributed by atoms with E-state index in [1.165, 1.54) is 27.8 Å². The highest BCUT2D eigenvalue weighted by Gasteiger charge is 2.19. The van der Waals surface area contributed by atoms with Crippen LogP contribution in [0.4, 0.5) is 5.69 Å². The SMILES string of the molecule is Cc1cccc(C)c1NC(=O)CSc1nnc(-c2csc(C)c2-c2ccccc2)n1C. The molecule has 4 rings (SSSR count). The minimum Gasteiger partial charge on any atom is -0.325 e. The van der Waals surface area contributed by atoms with Gasteiger partial charge in [0.25, 0.3) is 0 Å². The van der Waals surface area contributed by atoms with Crippen molar-refractivity contribution in [1.82, 2.24) is 14.8 Å². The average Bonchev–Trinajstić information content (AvgIpc) is 3.32.